The Kier molecular flexibility index (Phi) is 7.89. The highest BCUT2D eigenvalue weighted by Crippen LogP contribution is 2.41. The number of benzene rings is 4. The average molecular weight is 538 g/mol. The molecule has 7 heteroatoms. The summed E-state index contributed by atoms with van der Waals surface area (Å²) in [4.78, 5) is 26.9. The zero-order valence-corrected chi connectivity index (χ0v) is 22.4. The monoisotopic (exact) mass is 537 g/mol. The van der Waals surface area contributed by atoms with E-state index in [4.69, 9.17) is 14.2 Å². The SMILES string of the molecule is COc1ccc(-c2sc3cc(OC)ccc3c2C(=O)c2ccc(OCCNC(=O)c3ccccc3)cc2)cc1. The fourth-order valence-corrected chi connectivity index (χ4v) is 5.48. The minimum Gasteiger partial charge on any atom is -0.497 e. The molecular weight excluding hydrogens is 510 g/mol. The second-order valence-corrected chi connectivity index (χ2v) is 9.77. The number of hydrogen-bond acceptors (Lipinski definition) is 6. The third kappa shape index (κ3) is 5.78. The van der Waals surface area contributed by atoms with Gasteiger partial charge in [-0.3, -0.25) is 9.59 Å². The van der Waals surface area contributed by atoms with Crippen molar-refractivity contribution in [2.24, 2.45) is 0 Å². The maximum Gasteiger partial charge on any atom is 0.251 e. The van der Waals surface area contributed by atoms with E-state index in [1.54, 1.807) is 62.0 Å². The summed E-state index contributed by atoms with van der Waals surface area (Å²) < 4.78 is 17.5. The topological polar surface area (TPSA) is 73.9 Å². The Morgan fingerprint density at radius 2 is 1.41 bits per heavy atom. The van der Waals surface area contributed by atoms with E-state index in [0.717, 1.165) is 32.0 Å². The molecule has 0 radical (unpaired) electrons. The summed E-state index contributed by atoms with van der Waals surface area (Å²) in [6, 6.07) is 29.6. The van der Waals surface area contributed by atoms with Crippen LogP contribution in [0.1, 0.15) is 26.3 Å². The molecule has 0 aliphatic heterocycles. The van der Waals surface area contributed by atoms with E-state index in [2.05, 4.69) is 5.32 Å². The minimum absolute atomic E-state index is 0.0705. The molecule has 0 aliphatic rings. The highest BCUT2D eigenvalue weighted by molar-refractivity contribution is 7.22. The van der Waals surface area contributed by atoms with Crippen molar-refractivity contribution in [3.63, 3.8) is 0 Å². The Morgan fingerprint density at radius 1 is 0.744 bits per heavy atom. The van der Waals surface area contributed by atoms with E-state index in [9.17, 15) is 9.59 Å². The quantitative estimate of drug-likeness (QED) is 0.160. The van der Waals surface area contributed by atoms with Crippen LogP contribution in [0, 0.1) is 0 Å². The molecule has 0 bridgehead atoms. The number of methoxy groups -OCH3 is 2. The lowest BCUT2D eigenvalue weighted by atomic mass is 9.97. The highest BCUT2D eigenvalue weighted by atomic mass is 32.1. The zero-order chi connectivity index (χ0) is 27.2. The van der Waals surface area contributed by atoms with Crippen molar-refractivity contribution in [3.8, 4) is 27.7 Å². The number of rotatable bonds is 10. The standard InChI is InChI=1S/C32H27NO5S/c1-36-24-12-10-22(11-13-24)31-29(27-17-16-26(37-2)20-28(27)39-31)30(34)21-8-14-25(15-9-21)38-19-18-33-32(35)23-6-4-3-5-7-23/h3-17,20H,18-19H2,1-2H3,(H,33,35). The number of amides is 1. The van der Waals surface area contributed by atoms with Crippen LogP contribution >= 0.6 is 11.3 Å². The van der Waals surface area contributed by atoms with Crippen molar-refractivity contribution in [1.82, 2.24) is 5.32 Å². The van der Waals surface area contributed by atoms with Crippen LogP contribution in [0.3, 0.4) is 0 Å². The number of carbonyl (C=O) groups is 2. The first-order chi connectivity index (χ1) is 19.1. The predicted molar refractivity (Wildman–Crippen MR) is 155 cm³/mol. The number of thiophene rings is 1. The van der Waals surface area contributed by atoms with Gasteiger partial charge in [0.15, 0.2) is 5.78 Å². The Balaban J connectivity index is 1.33. The first-order valence-corrected chi connectivity index (χ1v) is 13.2. The van der Waals surface area contributed by atoms with E-state index in [1.165, 1.54) is 0 Å². The summed E-state index contributed by atoms with van der Waals surface area (Å²) in [6.07, 6.45) is 0. The molecule has 0 saturated heterocycles. The van der Waals surface area contributed by atoms with E-state index >= 15 is 0 Å². The van der Waals surface area contributed by atoms with Crippen molar-refractivity contribution in [2.75, 3.05) is 27.4 Å². The third-order valence-corrected chi connectivity index (χ3v) is 7.49. The summed E-state index contributed by atoms with van der Waals surface area (Å²) in [6.45, 7) is 0.675. The molecule has 0 aliphatic carbocycles. The molecule has 0 fully saturated rings. The summed E-state index contributed by atoms with van der Waals surface area (Å²) >= 11 is 1.56. The van der Waals surface area contributed by atoms with Crippen molar-refractivity contribution in [1.29, 1.82) is 0 Å². The van der Waals surface area contributed by atoms with Crippen molar-refractivity contribution in [3.05, 3.63) is 114 Å². The van der Waals surface area contributed by atoms with Crippen LogP contribution < -0.4 is 19.5 Å². The van der Waals surface area contributed by atoms with Crippen molar-refractivity contribution in [2.45, 2.75) is 0 Å². The van der Waals surface area contributed by atoms with Crippen LogP contribution in [0.25, 0.3) is 20.5 Å². The smallest absolute Gasteiger partial charge is 0.251 e. The summed E-state index contributed by atoms with van der Waals surface area (Å²) in [5.41, 5.74) is 2.76. The molecule has 1 aromatic heterocycles. The van der Waals surface area contributed by atoms with Gasteiger partial charge in [0.05, 0.1) is 20.8 Å². The predicted octanol–water partition coefficient (Wildman–Crippen LogP) is 6.63. The molecule has 0 unspecified atom stereocenters. The number of ketones is 1. The number of hydrogen-bond donors (Lipinski definition) is 1. The van der Waals surface area contributed by atoms with Gasteiger partial charge in [0.2, 0.25) is 0 Å². The maximum absolute atomic E-state index is 13.8. The minimum atomic E-state index is -0.145. The molecule has 4 aromatic carbocycles. The van der Waals surface area contributed by atoms with Gasteiger partial charge in [-0.2, -0.15) is 0 Å². The van der Waals surface area contributed by atoms with Crippen molar-refractivity contribution >= 4 is 33.1 Å². The highest BCUT2D eigenvalue weighted by Gasteiger charge is 2.22. The molecule has 5 aromatic rings. The third-order valence-electron chi connectivity index (χ3n) is 6.29. The van der Waals surface area contributed by atoms with E-state index in [-0.39, 0.29) is 11.7 Å². The lowest BCUT2D eigenvalue weighted by Gasteiger charge is -2.09. The zero-order valence-electron chi connectivity index (χ0n) is 21.6. The van der Waals surface area contributed by atoms with Gasteiger partial charge in [0.1, 0.15) is 23.9 Å². The molecular formula is C32H27NO5S. The van der Waals surface area contributed by atoms with Gasteiger partial charge in [-0.15, -0.1) is 11.3 Å². The number of nitrogens with one attached hydrogen (secondary N) is 1. The molecule has 1 amide bonds. The largest absolute Gasteiger partial charge is 0.497 e. The van der Waals surface area contributed by atoms with Crippen LogP contribution in [-0.4, -0.2) is 39.1 Å². The molecule has 5 rings (SSSR count). The second-order valence-electron chi connectivity index (χ2n) is 8.72. The fraction of sp³-hybridized carbons (Fsp3) is 0.125. The van der Waals surface area contributed by atoms with Gasteiger partial charge in [0.25, 0.3) is 5.91 Å². The molecule has 39 heavy (non-hydrogen) atoms. The molecule has 1 N–H and O–H groups in total. The summed E-state index contributed by atoms with van der Waals surface area (Å²) in [7, 11) is 3.26. The fourth-order valence-electron chi connectivity index (χ4n) is 4.25. The first kappa shape index (κ1) is 26.0. The van der Waals surface area contributed by atoms with Gasteiger partial charge in [-0.05, 0) is 84.4 Å². The van der Waals surface area contributed by atoms with E-state index < -0.39 is 0 Å². The van der Waals surface area contributed by atoms with Crippen LogP contribution in [0.5, 0.6) is 17.2 Å². The summed E-state index contributed by atoms with van der Waals surface area (Å²) in [5.74, 6) is 1.90. The van der Waals surface area contributed by atoms with Gasteiger partial charge < -0.3 is 19.5 Å². The average Bonchev–Trinajstić information content (AvgIpc) is 3.38. The molecule has 0 spiro atoms. The summed E-state index contributed by atoms with van der Waals surface area (Å²) in [5, 5.41) is 3.72. The van der Waals surface area contributed by atoms with E-state index in [0.29, 0.717) is 35.6 Å². The normalized spacial score (nSPS) is 10.7. The Hall–Kier alpha value is -4.62. The van der Waals surface area contributed by atoms with Gasteiger partial charge in [-0.1, -0.05) is 18.2 Å². The van der Waals surface area contributed by atoms with Crippen LogP contribution in [0.4, 0.5) is 0 Å². The number of carbonyl (C=O) groups excluding carboxylic acids is 2. The van der Waals surface area contributed by atoms with Gasteiger partial charge in [0, 0.05) is 31.7 Å². The molecule has 196 valence electrons. The Morgan fingerprint density at radius 3 is 2.10 bits per heavy atom. The van der Waals surface area contributed by atoms with Crippen LogP contribution in [0.2, 0.25) is 0 Å². The van der Waals surface area contributed by atoms with E-state index in [1.807, 2.05) is 60.7 Å². The Labute approximate surface area is 230 Å². The second kappa shape index (κ2) is 11.8. The first-order valence-electron chi connectivity index (χ1n) is 12.4. The lowest BCUT2D eigenvalue weighted by molar-refractivity contribution is 0.0946. The number of fused-ring (bicyclic) bond motifs is 1. The van der Waals surface area contributed by atoms with Gasteiger partial charge in [-0.25, -0.2) is 0 Å². The lowest BCUT2D eigenvalue weighted by Crippen LogP contribution is -2.28. The van der Waals surface area contributed by atoms with Crippen molar-refractivity contribution < 1.29 is 23.8 Å². The molecule has 6 nitrogen and oxygen atoms in total. The Bertz CT molecular complexity index is 1590. The molecule has 0 saturated carbocycles. The molecule has 0 atom stereocenters. The van der Waals surface area contributed by atoms with Crippen LogP contribution in [-0.2, 0) is 0 Å². The maximum atomic E-state index is 13.8. The molecule has 1 heterocycles. The van der Waals surface area contributed by atoms with Crippen LogP contribution in [0.15, 0.2) is 97.1 Å². The van der Waals surface area contributed by atoms with Gasteiger partial charge >= 0.3 is 0 Å². The number of ether oxygens (including phenoxy) is 3.